The largest absolute Gasteiger partial charge is 0.244 e. The molecule has 48 valence electrons. The summed E-state index contributed by atoms with van der Waals surface area (Å²) < 4.78 is 0. The molecular weight excluding hydrogens is 136 g/mol. The van der Waals surface area contributed by atoms with Crippen LogP contribution in [0.15, 0.2) is 18.7 Å². The monoisotopic (exact) mass is 142 g/mol. The Morgan fingerprint density at radius 1 is 1.44 bits per heavy atom. The molecule has 1 aromatic rings. The summed E-state index contributed by atoms with van der Waals surface area (Å²) in [5, 5.41) is 0.00574. The smallest absolute Gasteiger partial charge is 0.115 e. The zero-order chi connectivity index (χ0) is 6.69. The maximum atomic E-state index is 5.72. The average Bonchev–Trinajstić information content (AvgIpc) is 1.90. The standard InChI is InChI=1S/C6H7ClN2/c1-5(7)6-2-8-4-9-3-6/h2-5H,1H3. The van der Waals surface area contributed by atoms with Gasteiger partial charge in [-0.05, 0) is 6.92 Å². The maximum Gasteiger partial charge on any atom is 0.115 e. The summed E-state index contributed by atoms with van der Waals surface area (Å²) in [5.74, 6) is 0. The predicted molar refractivity (Wildman–Crippen MR) is 36.3 cm³/mol. The van der Waals surface area contributed by atoms with E-state index < -0.39 is 0 Å². The Balaban J connectivity index is 2.85. The highest BCUT2D eigenvalue weighted by molar-refractivity contribution is 6.20. The molecule has 0 fully saturated rings. The molecule has 1 rings (SSSR count). The molecule has 0 aliphatic rings. The molecule has 0 spiro atoms. The third-order valence-electron chi connectivity index (χ3n) is 1.04. The maximum absolute atomic E-state index is 5.72. The van der Waals surface area contributed by atoms with Crippen molar-refractivity contribution < 1.29 is 0 Å². The number of hydrogen-bond acceptors (Lipinski definition) is 2. The van der Waals surface area contributed by atoms with Gasteiger partial charge in [0.15, 0.2) is 0 Å². The quantitative estimate of drug-likeness (QED) is 0.559. The molecule has 3 heteroatoms. The summed E-state index contributed by atoms with van der Waals surface area (Å²) in [6, 6.07) is 0. The second-order valence-corrected chi connectivity index (χ2v) is 2.44. The summed E-state index contributed by atoms with van der Waals surface area (Å²) in [7, 11) is 0. The Morgan fingerprint density at radius 3 is 2.33 bits per heavy atom. The summed E-state index contributed by atoms with van der Waals surface area (Å²) >= 11 is 5.72. The highest BCUT2D eigenvalue weighted by atomic mass is 35.5. The van der Waals surface area contributed by atoms with Gasteiger partial charge in [0, 0.05) is 18.0 Å². The Labute approximate surface area is 58.9 Å². The number of nitrogens with zero attached hydrogens (tertiary/aromatic N) is 2. The van der Waals surface area contributed by atoms with Crippen LogP contribution in [-0.4, -0.2) is 9.97 Å². The van der Waals surface area contributed by atoms with E-state index >= 15 is 0 Å². The van der Waals surface area contributed by atoms with E-state index in [1.54, 1.807) is 12.4 Å². The van der Waals surface area contributed by atoms with E-state index in [0.717, 1.165) is 5.56 Å². The zero-order valence-electron chi connectivity index (χ0n) is 5.08. The number of halogens is 1. The molecule has 0 aliphatic carbocycles. The molecule has 1 aromatic heterocycles. The first-order valence-corrected chi connectivity index (χ1v) is 3.13. The van der Waals surface area contributed by atoms with Gasteiger partial charge in [0.05, 0.1) is 5.38 Å². The Bertz CT molecular complexity index is 174. The first-order chi connectivity index (χ1) is 4.30. The van der Waals surface area contributed by atoms with Gasteiger partial charge in [-0.15, -0.1) is 11.6 Å². The van der Waals surface area contributed by atoms with Crippen LogP contribution in [0.5, 0.6) is 0 Å². The molecule has 0 radical (unpaired) electrons. The lowest BCUT2D eigenvalue weighted by Gasteiger charge is -1.97. The van der Waals surface area contributed by atoms with Crippen LogP contribution in [0.4, 0.5) is 0 Å². The molecule has 0 amide bonds. The first kappa shape index (κ1) is 6.49. The lowest BCUT2D eigenvalue weighted by atomic mass is 10.3. The SMILES string of the molecule is CC(Cl)c1cncnc1. The molecule has 9 heavy (non-hydrogen) atoms. The van der Waals surface area contributed by atoms with Crippen molar-refractivity contribution in [3.8, 4) is 0 Å². The van der Waals surface area contributed by atoms with Crippen LogP contribution in [0.2, 0.25) is 0 Å². The highest BCUT2D eigenvalue weighted by Gasteiger charge is 1.97. The molecule has 2 nitrogen and oxygen atoms in total. The van der Waals surface area contributed by atoms with Crippen molar-refractivity contribution in [1.82, 2.24) is 9.97 Å². The van der Waals surface area contributed by atoms with Crippen LogP contribution in [0.3, 0.4) is 0 Å². The van der Waals surface area contributed by atoms with E-state index in [0.29, 0.717) is 0 Å². The lowest BCUT2D eigenvalue weighted by Crippen LogP contribution is -1.85. The fraction of sp³-hybridized carbons (Fsp3) is 0.333. The third kappa shape index (κ3) is 1.64. The van der Waals surface area contributed by atoms with Crippen molar-refractivity contribution >= 4 is 11.6 Å². The molecule has 0 aromatic carbocycles. The minimum Gasteiger partial charge on any atom is -0.244 e. The number of aromatic nitrogens is 2. The van der Waals surface area contributed by atoms with Crippen LogP contribution in [0.25, 0.3) is 0 Å². The Kier molecular flexibility index (Phi) is 2.01. The molecule has 0 bridgehead atoms. The Hall–Kier alpha value is -0.630. The van der Waals surface area contributed by atoms with Crippen molar-refractivity contribution in [3.05, 3.63) is 24.3 Å². The van der Waals surface area contributed by atoms with Gasteiger partial charge in [0.1, 0.15) is 6.33 Å². The molecule has 1 atom stereocenters. The summed E-state index contributed by atoms with van der Waals surface area (Å²) in [4.78, 5) is 7.62. The predicted octanol–water partition coefficient (Wildman–Crippen LogP) is 1.78. The van der Waals surface area contributed by atoms with Gasteiger partial charge in [-0.25, -0.2) is 9.97 Å². The van der Waals surface area contributed by atoms with E-state index in [4.69, 9.17) is 11.6 Å². The topological polar surface area (TPSA) is 25.8 Å². The van der Waals surface area contributed by atoms with Gasteiger partial charge in [-0.3, -0.25) is 0 Å². The number of rotatable bonds is 1. The van der Waals surface area contributed by atoms with Crippen molar-refractivity contribution in [3.63, 3.8) is 0 Å². The lowest BCUT2D eigenvalue weighted by molar-refractivity contribution is 1.01. The third-order valence-corrected chi connectivity index (χ3v) is 1.29. The minimum atomic E-state index is 0.00574. The van der Waals surface area contributed by atoms with E-state index in [2.05, 4.69) is 9.97 Å². The van der Waals surface area contributed by atoms with Gasteiger partial charge < -0.3 is 0 Å². The van der Waals surface area contributed by atoms with Gasteiger partial charge in [-0.2, -0.15) is 0 Å². The van der Waals surface area contributed by atoms with E-state index in [1.165, 1.54) is 6.33 Å². The summed E-state index contributed by atoms with van der Waals surface area (Å²) in [5.41, 5.74) is 0.958. The molecular formula is C6H7ClN2. The molecule has 1 heterocycles. The fourth-order valence-electron chi connectivity index (χ4n) is 0.516. The highest BCUT2D eigenvalue weighted by Crippen LogP contribution is 2.15. The van der Waals surface area contributed by atoms with Gasteiger partial charge >= 0.3 is 0 Å². The van der Waals surface area contributed by atoms with Crippen molar-refractivity contribution in [1.29, 1.82) is 0 Å². The second-order valence-electron chi connectivity index (χ2n) is 1.79. The van der Waals surface area contributed by atoms with E-state index in [9.17, 15) is 0 Å². The van der Waals surface area contributed by atoms with Crippen LogP contribution in [0, 0.1) is 0 Å². The van der Waals surface area contributed by atoms with Gasteiger partial charge in [0.2, 0.25) is 0 Å². The van der Waals surface area contributed by atoms with Gasteiger partial charge in [0.25, 0.3) is 0 Å². The molecule has 1 unspecified atom stereocenters. The summed E-state index contributed by atoms with van der Waals surface area (Å²) in [6.45, 7) is 1.89. The van der Waals surface area contributed by atoms with Crippen LogP contribution in [-0.2, 0) is 0 Å². The molecule has 0 N–H and O–H groups in total. The van der Waals surface area contributed by atoms with Crippen molar-refractivity contribution in [2.75, 3.05) is 0 Å². The first-order valence-electron chi connectivity index (χ1n) is 2.69. The normalized spacial score (nSPS) is 13.1. The van der Waals surface area contributed by atoms with Crippen molar-refractivity contribution in [2.45, 2.75) is 12.3 Å². The molecule has 0 saturated carbocycles. The zero-order valence-corrected chi connectivity index (χ0v) is 5.84. The van der Waals surface area contributed by atoms with E-state index in [-0.39, 0.29) is 5.38 Å². The van der Waals surface area contributed by atoms with Gasteiger partial charge in [-0.1, -0.05) is 0 Å². The van der Waals surface area contributed by atoms with Crippen molar-refractivity contribution in [2.24, 2.45) is 0 Å². The summed E-state index contributed by atoms with van der Waals surface area (Å²) in [6.07, 6.45) is 4.91. The van der Waals surface area contributed by atoms with Crippen LogP contribution >= 0.6 is 11.6 Å². The minimum absolute atomic E-state index is 0.00574. The average molecular weight is 143 g/mol. The second kappa shape index (κ2) is 2.78. The van der Waals surface area contributed by atoms with Crippen LogP contribution < -0.4 is 0 Å². The molecule has 0 aliphatic heterocycles. The van der Waals surface area contributed by atoms with Crippen LogP contribution in [0.1, 0.15) is 17.9 Å². The number of hydrogen-bond donors (Lipinski definition) is 0. The molecule has 0 saturated heterocycles. The van der Waals surface area contributed by atoms with E-state index in [1.807, 2.05) is 6.92 Å². The number of alkyl halides is 1. The Morgan fingerprint density at radius 2 is 2.00 bits per heavy atom. The fourth-order valence-corrected chi connectivity index (χ4v) is 0.629.